The Hall–Kier alpha value is -1.10. The lowest BCUT2D eigenvalue weighted by atomic mass is 10.2. The fourth-order valence-corrected chi connectivity index (χ4v) is 2.20. The molecule has 0 aliphatic heterocycles. The fraction of sp³-hybridized carbons (Fsp3) is 0.231. The zero-order chi connectivity index (χ0) is 13.4. The van der Waals surface area contributed by atoms with Crippen LogP contribution in [0.15, 0.2) is 41.8 Å². The SMILES string of the molecule is C/C=C/CCNS(=O)(=O)/C=C/c1ccc(Cl)cc1. The third-order valence-electron chi connectivity index (χ3n) is 2.16. The van der Waals surface area contributed by atoms with Crippen molar-refractivity contribution in [3.05, 3.63) is 52.4 Å². The predicted molar refractivity (Wildman–Crippen MR) is 76.8 cm³/mol. The number of rotatable bonds is 6. The highest BCUT2D eigenvalue weighted by Crippen LogP contribution is 2.10. The summed E-state index contributed by atoms with van der Waals surface area (Å²) in [5, 5.41) is 1.78. The fourth-order valence-electron chi connectivity index (χ4n) is 1.24. The standard InChI is InChI=1S/C13H16ClNO2S/c1-2-3-4-10-15-18(16,17)11-9-12-5-7-13(14)8-6-12/h2-3,5-9,11,15H,4,10H2,1H3/b3-2+,11-9+. The molecule has 0 saturated carbocycles. The van der Waals surface area contributed by atoms with Crippen molar-refractivity contribution in [1.29, 1.82) is 0 Å². The van der Waals surface area contributed by atoms with Crippen molar-refractivity contribution in [3.8, 4) is 0 Å². The zero-order valence-corrected chi connectivity index (χ0v) is 11.7. The van der Waals surface area contributed by atoms with E-state index in [-0.39, 0.29) is 0 Å². The maximum atomic E-state index is 11.6. The second-order valence-electron chi connectivity index (χ2n) is 3.65. The van der Waals surface area contributed by atoms with Crippen LogP contribution < -0.4 is 4.72 Å². The van der Waals surface area contributed by atoms with Gasteiger partial charge in [-0.05, 0) is 37.1 Å². The molecule has 0 aliphatic rings. The van der Waals surface area contributed by atoms with Crippen LogP contribution in [-0.4, -0.2) is 15.0 Å². The van der Waals surface area contributed by atoms with E-state index >= 15 is 0 Å². The summed E-state index contributed by atoms with van der Waals surface area (Å²) < 4.78 is 25.7. The molecule has 0 bridgehead atoms. The Kier molecular flexibility index (Phi) is 6.12. The maximum absolute atomic E-state index is 11.6. The van der Waals surface area contributed by atoms with Crippen LogP contribution in [0.3, 0.4) is 0 Å². The minimum atomic E-state index is -3.37. The molecule has 0 aliphatic carbocycles. The third-order valence-corrected chi connectivity index (χ3v) is 3.51. The number of hydrogen-bond donors (Lipinski definition) is 1. The molecule has 1 N–H and O–H groups in total. The van der Waals surface area contributed by atoms with E-state index in [0.29, 0.717) is 18.0 Å². The van der Waals surface area contributed by atoms with Crippen LogP contribution in [-0.2, 0) is 10.0 Å². The summed E-state index contributed by atoms with van der Waals surface area (Å²) in [7, 11) is -3.37. The molecule has 1 aromatic rings. The van der Waals surface area contributed by atoms with Gasteiger partial charge in [0.15, 0.2) is 0 Å². The second kappa shape index (κ2) is 7.36. The quantitative estimate of drug-likeness (QED) is 0.644. The number of sulfonamides is 1. The molecule has 0 radical (unpaired) electrons. The number of allylic oxidation sites excluding steroid dienone is 1. The molecule has 5 heteroatoms. The Balaban J connectivity index is 2.56. The molecule has 3 nitrogen and oxygen atoms in total. The summed E-state index contributed by atoms with van der Waals surface area (Å²) in [5.41, 5.74) is 0.790. The van der Waals surface area contributed by atoms with Gasteiger partial charge in [-0.1, -0.05) is 35.9 Å². The van der Waals surface area contributed by atoms with Crippen LogP contribution in [0.2, 0.25) is 5.02 Å². The van der Waals surface area contributed by atoms with Gasteiger partial charge in [0.05, 0.1) is 0 Å². The van der Waals surface area contributed by atoms with Gasteiger partial charge in [0.1, 0.15) is 0 Å². The molecule has 1 aromatic carbocycles. The molecule has 0 saturated heterocycles. The first kappa shape index (κ1) is 15.0. The van der Waals surface area contributed by atoms with Crippen LogP contribution in [0.1, 0.15) is 18.9 Å². The molecule has 0 heterocycles. The second-order valence-corrected chi connectivity index (χ2v) is 5.74. The van der Waals surface area contributed by atoms with Crippen molar-refractivity contribution < 1.29 is 8.42 Å². The summed E-state index contributed by atoms with van der Waals surface area (Å²) in [6, 6.07) is 6.95. The van der Waals surface area contributed by atoms with E-state index in [9.17, 15) is 8.42 Å². The van der Waals surface area contributed by atoms with Crippen LogP contribution in [0.25, 0.3) is 6.08 Å². The van der Waals surface area contributed by atoms with Crippen molar-refractivity contribution in [2.45, 2.75) is 13.3 Å². The third kappa shape index (κ3) is 6.00. The molecular formula is C13H16ClNO2S. The summed E-state index contributed by atoms with van der Waals surface area (Å²) in [6.07, 6.45) is 6.02. The largest absolute Gasteiger partial charge is 0.233 e. The average molecular weight is 286 g/mol. The van der Waals surface area contributed by atoms with Crippen LogP contribution in [0.5, 0.6) is 0 Å². The van der Waals surface area contributed by atoms with Gasteiger partial charge in [0.2, 0.25) is 10.0 Å². The van der Waals surface area contributed by atoms with Gasteiger partial charge in [-0.15, -0.1) is 0 Å². The Morgan fingerprint density at radius 2 is 1.94 bits per heavy atom. The van der Waals surface area contributed by atoms with E-state index < -0.39 is 10.0 Å². The normalized spacial score (nSPS) is 12.6. The first-order chi connectivity index (χ1) is 8.53. The van der Waals surface area contributed by atoms with Crippen LogP contribution in [0, 0.1) is 0 Å². The molecule has 18 heavy (non-hydrogen) atoms. The zero-order valence-electron chi connectivity index (χ0n) is 10.1. The van der Waals surface area contributed by atoms with Crippen molar-refractivity contribution in [2.24, 2.45) is 0 Å². The van der Waals surface area contributed by atoms with Crippen molar-refractivity contribution in [3.63, 3.8) is 0 Å². The molecular weight excluding hydrogens is 270 g/mol. The van der Waals surface area contributed by atoms with E-state index in [2.05, 4.69) is 4.72 Å². The number of halogens is 1. The monoisotopic (exact) mass is 285 g/mol. The molecule has 98 valence electrons. The highest BCUT2D eigenvalue weighted by Gasteiger charge is 2.02. The van der Waals surface area contributed by atoms with Gasteiger partial charge in [-0.25, -0.2) is 13.1 Å². The summed E-state index contributed by atoms with van der Waals surface area (Å²) in [6.45, 7) is 2.30. The van der Waals surface area contributed by atoms with Gasteiger partial charge in [0, 0.05) is 17.0 Å². The molecule has 0 spiro atoms. The van der Waals surface area contributed by atoms with E-state index in [1.54, 1.807) is 24.3 Å². The Bertz CT molecular complexity index is 518. The molecule has 0 unspecified atom stereocenters. The summed E-state index contributed by atoms with van der Waals surface area (Å²) in [4.78, 5) is 0. The Labute approximate surface area is 113 Å². The summed E-state index contributed by atoms with van der Waals surface area (Å²) >= 11 is 5.74. The highest BCUT2D eigenvalue weighted by atomic mass is 35.5. The van der Waals surface area contributed by atoms with Gasteiger partial charge in [-0.3, -0.25) is 0 Å². The molecule has 0 atom stereocenters. The molecule has 0 fully saturated rings. The molecule has 0 amide bonds. The molecule has 0 aromatic heterocycles. The highest BCUT2D eigenvalue weighted by molar-refractivity contribution is 7.92. The van der Waals surface area contributed by atoms with E-state index in [4.69, 9.17) is 11.6 Å². The Morgan fingerprint density at radius 3 is 2.56 bits per heavy atom. The lowest BCUT2D eigenvalue weighted by Gasteiger charge is -2.00. The van der Waals surface area contributed by atoms with Crippen molar-refractivity contribution in [2.75, 3.05) is 6.54 Å². The summed E-state index contributed by atoms with van der Waals surface area (Å²) in [5.74, 6) is 0. The lowest BCUT2D eigenvalue weighted by Crippen LogP contribution is -2.21. The van der Waals surface area contributed by atoms with Crippen LogP contribution >= 0.6 is 11.6 Å². The smallest absolute Gasteiger partial charge is 0.211 e. The minimum Gasteiger partial charge on any atom is -0.211 e. The number of hydrogen-bond acceptors (Lipinski definition) is 2. The maximum Gasteiger partial charge on any atom is 0.233 e. The van der Waals surface area contributed by atoms with Gasteiger partial charge < -0.3 is 0 Å². The topological polar surface area (TPSA) is 46.2 Å². The number of benzene rings is 1. The van der Waals surface area contributed by atoms with Gasteiger partial charge >= 0.3 is 0 Å². The van der Waals surface area contributed by atoms with Gasteiger partial charge in [-0.2, -0.15) is 0 Å². The predicted octanol–water partition coefficient (Wildman–Crippen LogP) is 3.20. The lowest BCUT2D eigenvalue weighted by molar-refractivity contribution is 0.591. The number of nitrogens with one attached hydrogen (secondary N) is 1. The Morgan fingerprint density at radius 1 is 1.28 bits per heavy atom. The van der Waals surface area contributed by atoms with Gasteiger partial charge in [0.25, 0.3) is 0 Å². The molecule has 1 rings (SSSR count). The first-order valence-corrected chi connectivity index (χ1v) is 7.50. The average Bonchev–Trinajstić information content (AvgIpc) is 2.34. The van der Waals surface area contributed by atoms with Crippen molar-refractivity contribution in [1.82, 2.24) is 4.72 Å². The first-order valence-electron chi connectivity index (χ1n) is 5.58. The van der Waals surface area contributed by atoms with Crippen molar-refractivity contribution >= 4 is 27.7 Å². The van der Waals surface area contributed by atoms with E-state index in [0.717, 1.165) is 11.0 Å². The van der Waals surface area contributed by atoms with Crippen LogP contribution in [0.4, 0.5) is 0 Å². The van der Waals surface area contributed by atoms with E-state index in [1.165, 1.54) is 6.08 Å². The van der Waals surface area contributed by atoms with E-state index in [1.807, 2.05) is 19.1 Å². The minimum absolute atomic E-state index is 0.400.